The van der Waals surface area contributed by atoms with Crippen molar-refractivity contribution in [2.45, 2.75) is 19.4 Å². The summed E-state index contributed by atoms with van der Waals surface area (Å²) in [5.74, 6) is 0. The molecule has 1 atom stereocenters. The summed E-state index contributed by atoms with van der Waals surface area (Å²) in [5.41, 5.74) is 9.01. The van der Waals surface area contributed by atoms with E-state index >= 15 is 0 Å². The lowest BCUT2D eigenvalue weighted by molar-refractivity contribution is 0.733. The van der Waals surface area contributed by atoms with Crippen LogP contribution in [0.4, 0.5) is 0 Å². The molecule has 92 valence electrons. The lowest BCUT2D eigenvalue weighted by Gasteiger charge is -2.11. The maximum absolute atomic E-state index is 6.33. The molecule has 2 heterocycles. The van der Waals surface area contributed by atoms with Crippen molar-refractivity contribution in [3.63, 3.8) is 0 Å². The second-order valence-corrected chi connectivity index (χ2v) is 6.60. The van der Waals surface area contributed by atoms with Crippen molar-refractivity contribution in [2.24, 2.45) is 5.73 Å². The highest BCUT2D eigenvalue weighted by molar-refractivity contribution is 7.26. The first kappa shape index (κ1) is 11.9. The van der Waals surface area contributed by atoms with Gasteiger partial charge in [0.25, 0.3) is 0 Å². The number of aryl methyl sites for hydroxylation is 1. The molecule has 2 aromatic heterocycles. The second kappa shape index (κ2) is 4.84. The van der Waals surface area contributed by atoms with E-state index in [9.17, 15) is 0 Å². The smallest absolute Gasteiger partial charge is 0.0454 e. The molecular weight excluding hydrogens is 258 g/mol. The maximum Gasteiger partial charge on any atom is 0.0454 e. The van der Waals surface area contributed by atoms with Crippen LogP contribution in [0.2, 0.25) is 0 Å². The Balaban J connectivity index is 1.85. The summed E-state index contributed by atoms with van der Waals surface area (Å²) in [6.45, 7) is 2.15. The van der Waals surface area contributed by atoms with E-state index in [2.05, 4.69) is 48.7 Å². The molecule has 0 radical (unpaired) electrons. The SMILES string of the molecule is Cc1ccccc1CC(N)c1cc2sccc2s1. The van der Waals surface area contributed by atoms with Crippen LogP contribution in [0.15, 0.2) is 41.8 Å². The molecule has 18 heavy (non-hydrogen) atoms. The Morgan fingerprint density at radius 3 is 2.78 bits per heavy atom. The monoisotopic (exact) mass is 273 g/mol. The first-order chi connectivity index (χ1) is 8.74. The Labute approximate surface area is 115 Å². The molecule has 0 aliphatic carbocycles. The van der Waals surface area contributed by atoms with Crippen molar-refractivity contribution in [3.8, 4) is 0 Å². The molecule has 0 fully saturated rings. The van der Waals surface area contributed by atoms with E-state index < -0.39 is 0 Å². The minimum absolute atomic E-state index is 0.107. The normalized spacial score (nSPS) is 13.0. The molecule has 2 N–H and O–H groups in total. The number of fused-ring (bicyclic) bond motifs is 1. The van der Waals surface area contributed by atoms with Crippen LogP contribution in [0.5, 0.6) is 0 Å². The van der Waals surface area contributed by atoms with Gasteiger partial charge in [-0.1, -0.05) is 24.3 Å². The van der Waals surface area contributed by atoms with Gasteiger partial charge in [-0.2, -0.15) is 0 Å². The molecule has 1 unspecified atom stereocenters. The molecule has 0 aliphatic heterocycles. The van der Waals surface area contributed by atoms with E-state index in [4.69, 9.17) is 5.73 Å². The Morgan fingerprint density at radius 2 is 2.00 bits per heavy atom. The standard InChI is InChI=1S/C15H15NS2/c1-10-4-2-3-5-11(10)8-12(16)14-9-15-13(18-14)6-7-17-15/h2-7,9,12H,8,16H2,1H3. The van der Waals surface area contributed by atoms with Gasteiger partial charge in [-0.15, -0.1) is 22.7 Å². The number of hydrogen-bond acceptors (Lipinski definition) is 3. The van der Waals surface area contributed by atoms with Crippen LogP contribution in [-0.4, -0.2) is 0 Å². The Bertz CT molecular complexity index is 637. The minimum Gasteiger partial charge on any atom is -0.323 e. The lowest BCUT2D eigenvalue weighted by atomic mass is 10.0. The van der Waals surface area contributed by atoms with Crippen LogP contribution >= 0.6 is 22.7 Å². The van der Waals surface area contributed by atoms with Crippen LogP contribution in [0, 0.1) is 6.92 Å². The Kier molecular flexibility index (Phi) is 3.20. The van der Waals surface area contributed by atoms with Crippen LogP contribution in [0.3, 0.4) is 0 Å². The minimum atomic E-state index is 0.107. The molecule has 3 aromatic rings. The first-order valence-corrected chi connectivity index (χ1v) is 7.70. The van der Waals surface area contributed by atoms with E-state index in [1.165, 1.54) is 25.4 Å². The zero-order valence-corrected chi connectivity index (χ0v) is 11.9. The van der Waals surface area contributed by atoms with E-state index in [0.29, 0.717) is 0 Å². The average Bonchev–Trinajstić information content (AvgIpc) is 2.92. The fraction of sp³-hybridized carbons (Fsp3) is 0.200. The number of rotatable bonds is 3. The second-order valence-electron chi connectivity index (χ2n) is 4.53. The van der Waals surface area contributed by atoms with Crippen molar-refractivity contribution in [2.75, 3.05) is 0 Å². The van der Waals surface area contributed by atoms with Crippen molar-refractivity contribution in [1.82, 2.24) is 0 Å². The van der Waals surface area contributed by atoms with Gasteiger partial charge in [0.2, 0.25) is 0 Å². The molecule has 0 bridgehead atoms. The third-order valence-corrected chi connectivity index (χ3v) is 5.45. The molecule has 0 aliphatic rings. The third-order valence-electron chi connectivity index (χ3n) is 3.22. The van der Waals surface area contributed by atoms with Gasteiger partial charge in [-0.05, 0) is 42.0 Å². The molecule has 0 saturated carbocycles. The van der Waals surface area contributed by atoms with Crippen LogP contribution in [0.1, 0.15) is 22.0 Å². The summed E-state index contributed by atoms with van der Waals surface area (Å²) < 4.78 is 2.71. The van der Waals surface area contributed by atoms with Crippen molar-refractivity contribution in [3.05, 3.63) is 57.8 Å². The molecule has 0 amide bonds. The largest absolute Gasteiger partial charge is 0.323 e. The predicted octanol–water partition coefficient (Wildman–Crippen LogP) is 4.51. The highest BCUT2D eigenvalue weighted by atomic mass is 32.1. The fourth-order valence-corrected chi connectivity index (χ4v) is 4.26. The highest BCUT2D eigenvalue weighted by Crippen LogP contribution is 2.33. The molecule has 3 heteroatoms. The Morgan fingerprint density at radius 1 is 1.17 bits per heavy atom. The first-order valence-electron chi connectivity index (χ1n) is 6.01. The summed E-state index contributed by atoms with van der Waals surface area (Å²) >= 11 is 3.61. The van der Waals surface area contributed by atoms with Gasteiger partial charge >= 0.3 is 0 Å². The van der Waals surface area contributed by atoms with Gasteiger partial charge in [0.15, 0.2) is 0 Å². The molecule has 3 rings (SSSR count). The van der Waals surface area contributed by atoms with Gasteiger partial charge in [0.05, 0.1) is 0 Å². The van der Waals surface area contributed by atoms with Crippen LogP contribution < -0.4 is 5.73 Å². The lowest BCUT2D eigenvalue weighted by Crippen LogP contribution is -2.12. The van der Waals surface area contributed by atoms with Gasteiger partial charge < -0.3 is 5.73 Å². The quantitative estimate of drug-likeness (QED) is 0.746. The van der Waals surface area contributed by atoms with Crippen molar-refractivity contribution < 1.29 is 0 Å². The zero-order valence-electron chi connectivity index (χ0n) is 10.2. The summed E-state index contributed by atoms with van der Waals surface area (Å²) in [4.78, 5) is 1.29. The highest BCUT2D eigenvalue weighted by Gasteiger charge is 2.12. The Hall–Kier alpha value is -1.16. The van der Waals surface area contributed by atoms with Gasteiger partial charge in [0, 0.05) is 20.3 Å². The average molecular weight is 273 g/mol. The maximum atomic E-state index is 6.33. The van der Waals surface area contributed by atoms with E-state index in [1.54, 1.807) is 11.3 Å². The van der Waals surface area contributed by atoms with Crippen LogP contribution in [0.25, 0.3) is 9.40 Å². The van der Waals surface area contributed by atoms with Gasteiger partial charge in [0.1, 0.15) is 0 Å². The summed E-state index contributed by atoms with van der Waals surface area (Å²) in [7, 11) is 0. The van der Waals surface area contributed by atoms with Gasteiger partial charge in [-0.25, -0.2) is 0 Å². The number of hydrogen-bond donors (Lipinski definition) is 1. The summed E-state index contributed by atoms with van der Waals surface area (Å²) in [6, 6.07) is 13.0. The molecular formula is C15H15NS2. The van der Waals surface area contributed by atoms with E-state index in [0.717, 1.165) is 6.42 Å². The van der Waals surface area contributed by atoms with Crippen LogP contribution in [-0.2, 0) is 6.42 Å². The molecule has 1 aromatic carbocycles. The van der Waals surface area contributed by atoms with E-state index in [1.807, 2.05) is 11.3 Å². The number of nitrogens with two attached hydrogens (primary N) is 1. The van der Waals surface area contributed by atoms with Gasteiger partial charge in [-0.3, -0.25) is 0 Å². The zero-order chi connectivity index (χ0) is 12.5. The molecule has 1 nitrogen and oxygen atoms in total. The van der Waals surface area contributed by atoms with Crippen molar-refractivity contribution >= 4 is 32.1 Å². The summed E-state index contributed by atoms with van der Waals surface area (Å²) in [5, 5.41) is 2.14. The summed E-state index contributed by atoms with van der Waals surface area (Å²) in [6.07, 6.45) is 0.917. The van der Waals surface area contributed by atoms with E-state index in [-0.39, 0.29) is 6.04 Å². The topological polar surface area (TPSA) is 26.0 Å². The van der Waals surface area contributed by atoms with Crippen molar-refractivity contribution in [1.29, 1.82) is 0 Å². The number of benzene rings is 1. The predicted molar refractivity (Wildman–Crippen MR) is 81.5 cm³/mol. The third kappa shape index (κ3) is 2.21. The molecule has 0 spiro atoms. The fourth-order valence-electron chi connectivity index (χ4n) is 2.14. The number of thiophene rings is 2. The molecule has 0 saturated heterocycles.